The average Bonchev–Trinajstić information content (AvgIpc) is 1.47. The molecule has 12 rings (SSSR count). The molecule has 114 heavy (non-hydrogen) atoms. The fraction of sp³-hybridized carbons (Fsp3) is 0.276. The molecule has 8 aromatic heterocycles. The number of halogens is 4. The van der Waals surface area contributed by atoms with Gasteiger partial charge < -0.3 is 77.5 Å². The Labute approximate surface area is 674 Å². The van der Waals surface area contributed by atoms with Gasteiger partial charge in [-0.25, -0.2) is 48.5 Å². The number of hydrogen-bond acceptors (Lipinski definition) is 28. The van der Waals surface area contributed by atoms with Crippen molar-refractivity contribution < 1.29 is 125 Å². The number of fused-ring (bicyclic) bond motifs is 12. The first kappa shape index (κ1) is 90.4. The standard InChI is InChI=1S/C21H23ClN2O5.C20H21BrN2O5.C17H17BrN2O3.C15H9BrN2O7.3CO2/c1-5-11-9-13-16(22)19(27-6-2)18-15(17(13)23-11)12(20(25)28-7-3)10-14(24-18)21(26)29-8-4;1-5-10-8-12-15(21)18(26-4)17-14(16(12)22-10)11(19(24)27-6-2)9-13(23-17)20(25)28-7-3;1-5-9-7-11-13(18)16(22-3)15-12(14(11)20-9)10(17(21)23-4)6-8(2)19-15;1-24-13-10(16)6-3-8(25-4-19)18-11(6)9-5(14(20)21)2-7(15(22)23)17-12(9)13;3*2-1-3/h9-10,23H,5-8H2,1-4H3;8-9,22H,5-7H2,1-4H3;6-7,19H,5H2,1-4H3;2-4,17H,1H3,(H,20,21)(H,22,23);;;. The molecular formula is C76H70Br3ClN8O26. The molecule has 38 heteroatoms. The number of carbonyl (C=O) groups is 8. The number of nitrogens with one attached hydrogen (secondary N) is 4. The molecule has 0 aliphatic heterocycles. The summed E-state index contributed by atoms with van der Waals surface area (Å²) in [7, 11) is 5.85. The highest BCUT2D eigenvalue weighted by Gasteiger charge is 2.31. The van der Waals surface area contributed by atoms with Gasteiger partial charge in [0.25, 0.3) is 6.47 Å². The number of nitrogens with zero attached hydrogens (tertiary/aromatic N) is 4. The van der Waals surface area contributed by atoms with Gasteiger partial charge in [-0.1, -0.05) is 32.4 Å². The van der Waals surface area contributed by atoms with Crippen molar-refractivity contribution >= 4 is 213 Å². The van der Waals surface area contributed by atoms with Crippen LogP contribution in [0.4, 0.5) is 0 Å². The van der Waals surface area contributed by atoms with E-state index in [1.54, 1.807) is 40.9 Å². The number of hydrogen-bond donors (Lipinski definition) is 6. The number of esters is 5. The van der Waals surface area contributed by atoms with Crippen LogP contribution in [0.3, 0.4) is 0 Å². The average molecular weight is 1790 g/mol. The number of aryl methyl sites for hydroxylation is 4. The highest BCUT2D eigenvalue weighted by molar-refractivity contribution is 9.11. The molecule has 4 aromatic carbocycles. The molecule has 6 N–H and O–H groups in total. The van der Waals surface area contributed by atoms with Gasteiger partial charge in [0, 0.05) is 71.9 Å². The van der Waals surface area contributed by atoms with Crippen LogP contribution in [0.25, 0.3) is 87.2 Å². The Morgan fingerprint density at radius 3 is 1.31 bits per heavy atom. The topological polar surface area (TPSA) is 486 Å². The molecule has 0 saturated heterocycles. The third-order valence-electron chi connectivity index (χ3n) is 16.2. The quantitative estimate of drug-likeness (QED) is 0.0221. The molecule has 8 heterocycles. The molecule has 0 atom stereocenters. The number of aromatic carboxylic acids is 2. The van der Waals surface area contributed by atoms with Crippen molar-refractivity contribution in [2.45, 2.75) is 81.6 Å². The van der Waals surface area contributed by atoms with Gasteiger partial charge in [-0.15, -0.1) is 0 Å². The molecular weight excluding hydrogens is 1720 g/mol. The summed E-state index contributed by atoms with van der Waals surface area (Å²) in [5.74, 6) is -3.87. The van der Waals surface area contributed by atoms with Crippen molar-refractivity contribution in [3.63, 3.8) is 0 Å². The summed E-state index contributed by atoms with van der Waals surface area (Å²) in [5.41, 5.74) is 7.95. The zero-order valence-electron chi connectivity index (χ0n) is 62.8. The maximum atomic E-state index is 12.8. The lowest BCUT2D eigenvalue weighted by atomic mass is 10.0. The van der Waals surface area contributed by atoms with E-state index in [0.29, 0.717) is 76.1 Å². The lowest BCUT2D eigenvalue weighted by Gasteiger charge is -2.15. The number of aromatic amines is 4. The Morgan fingerprint density at radius 2 is 0.868 bits per heavy atom. The summed E-state index contributed by atoms with van der Waals surface area (Å²) in [6, 6.07) is 13.0. The molecule has 0 spiro atoms. The van der Waals surface area contributed by atoms with E-state index in [1.807, 2.05) is 52.8 Å². The highest BCUT2D eigenvalue weighted by Crippen LogP contribution is 2.47. The second kappa shape index (κ2) is 41.7. The number of carbonyl (C=O) groups excluding carboxylic acids is 12. The zero-order chi connectivity index (χ0) is 84.7. The second-order valence-corrected chi connectivity index (χ2v) is 25.4. The van der Waals surface area contributed by atoms with Crippen molar-refractivity contribution in [2.75, 3.05) is 61.5 Å². The molecule has 34 nitrogen and oxygen atoms in total. The highest BCUT2D eigenvalue weighted by atomic mass is 79.9. The monoisotopic (exact) mass is 1780 g/mol. The Hall–Kier alpha value is -12.5. The molecule has 0 radical (unpaired) electrons. The van der Waals surface area contributed by atoms with Crippen LogP contribution in [-0.4, -0.2) is 178 Å². The molecule has 598 valence electrons. The summed E-state index contributed by atoms with van der Waals surface area (Å²) >= 11 is 17.1. The Kier molecular flexibility index (Phi) is 33.1. The van der Waals surface area contributed by atoms with Crippen LogP contribution in [0.2, 0.25) is 5.02 Å². The Balaban J connectivity index is 0.000000229. The number of pyridine rings is 4. The normalized spacial score (nSPS) is 10.4. The number of ether oxygens (including phenoxy) is 10. The van der Waals surface area contributed by atoms with Gasteiger partial charge in [0.05, 0.1) is 135 Å². The summed E-state index contributed by atoms with van der Waals surface area (Å²) < 4.78 is 54.4. The number of rotatable bonds is 21. The minimum absolute atomic E-state index is 0.0129. The van der Waals surface area contributed by atoms with Crippen LogP contribution in [0.5, 0.6) is 28.9 Å². The molecule has 12 aromatic rings. The summed E-state index contributed by atoms with van der Waals surface area (Å²) in [5, 5.41) is 23.9. The number of carboxylic acid groups (broad SMARTS) is 2. The third-order valence-corrected chi connectivity index (χ3v) is 19.0. The first-order valence-electron chi connectivity index (χ1n) is 33.8. The number of H-pyrrole nitrogens is 4. The van der Waals surface area contributed by atoms with Crippen LogP contribution in [0.15, 0.2) is 61.9 Å². The Morgan fingerprint density at radius 1 is 0.447 bits per heavy atom. The largest absolute Gasteiger partial charge is 0.493 e. The van der Waals surface area contributed by atoms with E-state index in [2.05, 4.69) is 87.7 Å². The van der Waals surface area contributed by atoms with Crippen LogP contribution in [-0.2, 0) is 76.5 Å². The summed E-state index contributed by atoms with van der Waals surface area (Å²) in [6.07, 6.45) is 3.10. The lowest BCUT2D eigenvalue weighted by molar-refractivity contribution is -0.193. The van der Waals surface area contributed by atoms with Gasteiger partial charge in [-0.2, -0.15) is 28.8 Å². The van der Waals surface area contributed by atoms with Crippen molar-refractivity contribution in [1.29, 1.82) is 0 Å². The van der Waals surface area contributed by atoms with E-state index in [9.17, 15) is 48.6 Å². The third kappa shape index (κ3) is 19.3. The van der Waals surface area contributed by atoms with Gasteiger partial charge in [-0.05, 0) is 151 Å². The van der Waals surface area contributed by atoms with Gasteiger partial charge in [0.2, 0.25) is 5.88 Å². The minimum atomic E-state index is -1.34. The molecule has 0 bridgehead atoms. The fourth-order valence-electron chi connectivity index (χ4n) is 11.8. The molecule has 0 fully saturated rings. The van der Waals surface area contributed by atoms with E-state index >= 15 is 0 Å². The number of carboxylic acids is 2. The molecule has 0 aliphatic rings. The van der Waals surface area contributed by atoms with Crippen molar-refractivity contribution in [3.05, 3.63) is 129 Å². The predicted molar refractivity (Wildman–Crippen MR) is 417 cm³/mol. The van der Waals surface area contributed by atoms with Gasteiger partial charge in [0.15, 0.2) is 23.0 Å². The van der Waals surface area contributed by atoms with Crippen LogP contribution >= 0.6 is 59.4 Å². The number of benzene rings is 4. The first-order valence-corrected chi connectivity index (χ1v) is 36.6. The SMILES string of the molecule is CCOC(=O)c1cc(C(=O)OCC)c2c(n1)c(OC)c(Br)c1cc(CC)[nH]c12.CCOC(=O)c1cc(C(=O)OCC)c2c(n1)c(OCC)c(Cl)c1cc(CC)[nH]c12.CCc1cc2c(Br)c(OC)c3[nH]c(C)cc(C(=O)OC)c3c2n1.COc1c(Br)c2cc(OC=O)nc2c2c(C(=O)O)cc(C(=O)O)[nH]c12.O=C=O.O=C=O.O=C=O. The predicted octanol–water partition coefficient (Wildman–Crippen LogP) is 13.9. The molecule has 0 unspecified atom stereocenters. The van der Waals surface area contributed by atoms with Gasteiger partial charge in [0.1, 0.15) is 28.1 Å². The van der Waals surface area contributed by atoms with E-state index in [1.165, 1.54) is 39.5 Å². The smallest absolute Gasteiger partial charge is 0.373 e. The fourth-order valence-corrected chi connectivity index (χ4v) is 14.0. The van der Waals surface area contributed by atoms with Crippen LogP contribution in [0.1, 0.15) is 151 Å². The number of methoxy groups -OCH3 is 4. The molecule has 0 saturated carbocycles. The van der Waals surface area contributed by atoms with Gasteiger partial charge >= 0.3 is 60.2 Å². The summed E-state index contributed by atoms with van der Waals surface area (Å²) in [4.78, 5) is 175. The maximum Gasteiger partial charge on any atom is 0.373 e. The van der Waals surface area contributed by atoms with Crippen LogP contribution in [0, 0.1) is 6.92 Å². The Bertz CT molecular complexity index is 5810. The van der Waals surface area contributed by atoms with E-state index in [0.717, 1.165) is 90.7 Å². The van der Waals surface area contributed by atoms with Crippen molar-refractivity contribution in [1.82, 2.24) is 39.9 Å². The molecule has 0 aliphatic carbocycles. The van der Waals surface area contributed by atoms with E-state index in [4.69, 9.17) is 87.7 Å². The zero-order valence-corrected chi connectivity index (χ0v) is 68.4. The molecule has 0 amide bonds. The van der Waals surface area contributed by atoms with E-state index in [-0.39, 0.29) is 119 Å². The summed E-state index contributed by atoms with van der Waals surface area (Å²) in [6.45, 7) is 18.0. The van der Waals surface area contributed by atoms with Crippen molar-refractivity contribution in [3.8, 4) is 28.9 Å². The first-order chi connectivity index (χ1) is 54.6. The van der Waals surface area contributed by atoms with Gasteiger partial charge in [-0.3, -0.25) is 9.78 Å². The van der Waals surface area contributed by atoms with E-state index < -0.39 is 35.8 Å². The minimum Gasteiger partial charge on any atom is -0.493 e. The second-order valence-electron chi connectivity index (χ2n) is 22.7. The van der Waals surface area contributed by atoms with Crippen molar-refractivity contribution in [2.24, 2.45) is 0 Å². The lowest BCUT2D eigenvalue weighted by Crippen LogP contribution is -2.13. The number of aromatic nitrogens is 8. The maximum absolute atomic E-state index is 12.8. The van der Waals surface area contributed by atoms with Crippen LogP contribution < -0.4 is 23.7 Å².